The first-order valence-corrected chi connectivity index (χ1v) is 8.88. The first-order valence-electron chi connectivity index (χ1n) is 8.88. The Balaban J connectivity index is 1.55. The molecule has 26 heavy (non-hydrogen) atoms. The Hall–Kier alpha value is -3.00. The number of nitrogens with zero attached hydrogens (tertiary/aromatic N) is 2. The van der Waals surface area contributed by atoms with Crippen molar-refractivity contribution in [1.82, 2.24) is 4.90 Å². The summed E-state index contributed by atoms with van der Waals surface area (Å²) in [4.78, 5) is 13.5. The topological polar surface area (TPSA) is 62.6 Å². The highest BCUT2D eigenvalue weighted by Gasteiger charge is 2.24. The molecule has 5 heteroatoms. The summed E-state index contributed by atoms with van der Waals surface area (Å²) >= 11 is 0. The van der Waals surface area contributed by atoms with Crippen molar-refractivity contribution in [2.45, 2.75) is 25.9 Å². The largest absolute Gasteiger partial charge is 0.490 e. The van der Waals surface area contributed by atoms with E-state index in [4.69, 9.17) is 14.7 Å². The van der Waals surface area contributed by atoms with Gasteiger partial charge >= 0.3 is 6.09 Å². The molecule has 0 spiro atoms. The van der Waals surface area contributed by atoms with E-state index >= 15 is 0 Å². The molecular formula is C21H22N2O3. The highest BCUT2D eigenvalue weighted by atomic mass is 16.6. The highest BCUT2D eigenvalue weighted by Crippen LogP contribution is 2.25. The van der Waals surface area contributed by atoms with Crippen LogP contribution in [0.1, 0.15) is 25.3 Å². The molecule has 0 unspecified atom stereocenters. The molecule has 134 valence electrons. The number of amides is 1. The lowest BCUT2D eigenvalue weighted by Crippen LogP contribution is -2.42. The maximum absolute atomic E-state index is 11.7. The van der Waals surface area contributed by atoms with Crippen LogP contribution in [0.15, 0.2) is 48.5 Å². The second kappa shape index (κ2) is 8.39. The Labute approximate surface area is 153 Å². The van der Waals surface area contributed by atoms with Crippen molar-refractivity contribution < 1.29 is 14.3 Å². The van der Waals surface area contributed by atoms with Crippen LogP contribution in [0, 0.1) is 11.3 Å². The molecule has 0 saturated carbocycles. The molecule has 0 aromatic heterocycles. The number of nitriles is 1. The molecule has 1 aliphatic heterocycles. The van der Waals surface area contributed by atoms with Crippen molar-refractivity contribution in [2.24, 2.45) is 0 Å². The molecule has 2 aromatic carbocycles. The third-order valence-corrected chi connectivity index (χ3v) is 4.47. The van der Waals surface area contributed by atoms with Crippen molar-refractivity contribution in [3.63, 3.8) is 0 Å². The molecule has 0 aliphatic carbocycles. The predicted molar refractivity (Wildman–Crippen MR) is 98.8 cm³/mol. The quantitative estimate of drug-likeness (QED) is 0.828. The summed E-state index contributed by atoms with van der Waals surface area (Å²) in [5.74, 6) is 0.831. The molecule has 2 aromatic rings. The van der Waals surface area contributed by atoms with Gasteiger partial charge in [-0.2, -0.15) is 5.26 Å². The average Bonchev–Trinajstić information content (AvgIpc) is 2.69. The summed E-state index contributed by atoms with van der Waals surface area (Å²) in [6, 6.07) is 17.6. The number of carbonyl (C=O) groups is 1. The van der Waals surface area contributed by atoms with Gasteiger partial charge in [0.15, 0.2) is 0 Å². The van der Waals surface area contributed by atoms with Gasteiger partial charge in [0.25, 0.3) is 0 Å². The molecule has 1 amide bonds. The van der Waals surface area contributed by atoms with Crippen molar-refractivity contribution in [3.05, 3.63) is 54.1 Å². The Morgan fingerprint density at radius 2 is 1.65 bits per heavy atom. The van der Waals surface area contributed by atoms with E-state index in [1.165, 1.54) is 0 Å². The van der Waals surface area contributed by atoms with E-state index in [0.717, 1.165) is 29.7 Å². The minimum Gasteiger partial charge on any atom is -0.490 e. The zero-order chi connectivity index (χ0) is 18.4. The van der Waals surface area contributed by atoms with Crippen molar-refractivity contribution >= 4 is 6.09 Å². The van der Waals surface area contributed by atoms with E-state index in [-0.39, 0.29) is 12.2 Å². The zero-order valence-corrected chi connectivity index (χ0v) is 14.9. The number of piperidine rings is 1. The normalized spacial score (nSPS) is 14.5. The van der Waals surface area contributed by atoms with Gasteiger partial charge in [-0.15, -0.1) is 0 Å². The van der Waals surface area contributed by atoms with E-state index in [1.54, 1.807) is 4.90 Å². The van der Waals surface area contributed by atoms with E-state index < -0.39 is 0 Å². The van der Waals surface area contributed by atoms with Crippen LogP contribution in [-0.2, 0) is 4.74 Å². The maximum atomic E-state index is 11.7. The first kappa shape index (κ1) is 17.8. The molecule has 0 N–H and O–H groups in total. The minimum atomic E-state index is -0.238. The Morgan fingerprint density at radius 3 is 2.19 bits per heavy atom. The number of likely N-dealkylation sites (tertiary alicyclic amines) is 1. The van der Waals surface area contributed by atoms with Gasteiger partial charge in [0.2, 0.25) is 0 Å². The fourth-order valence-corrected chi connectivity index (χ4v) is 3.03. The van der Waals surface area contributed by atoms with Crippen molar-refractivity contribution in [2.75, 3.05) is 19.7 Å². The Bertz CT molecular complexity index is 770. The lowest BCUT2D eigenvalue weighted by atomic mass is 10.0. The van der Waals surface area contributed by atoms with Crippen LogP contribution in [0.5, 0.6) is 5.75 Å². The third-order valence-electron chi connectivity index (χ3n) is 4.47. The zero-order valence-electron chi connectivity index (χ0n) is 14.9. The average molecular weight is 350 g/mol. The summed E-state index contributed by atoms with van der Waals surface area (Å²) in [7, 11) is 0. The lowest BCUT2D eigenvalue weighted by Gasteiger charge is -2.31. The van der Waals surface area contributed by atoms with Crippen LogP contribution in [0.2, 0.25) is 0 Å². The van der Waals surface area contributed by atoms with Crippen LogP contribution in [-0.4, -0.2) is 36.8 Å². The molecular weight excluding hydrogens is 328 g/mol. The van der Waals surface area contributed by atoms with E-state index in [9.17, 15) is 4.79 Å². The summed E-state index contributed by atoms with van der Waals surface area (Å²) in [6.45, 7) is 3.54. The van der Waals surface area contributed by atoms with Gasteiger partial charge in [0.1, 0.15) is 11.9 Å². The third kappa shape index (κ3) is 4.34. The van der Waals surface area contributed by atoms with Gasteiger partial charge in [-0.25, -0.2) is 4.79 Å². The molecule has 3 rings (SSSR count). The molecule has 1 aliphatic rings. The second-order valence-corrected chi connectivity index (χ2v) is 6.22. The first-order chi connectivity index (χ1) is 12.7. The predicted octanol–water partition coefficient (Wildman–Crippen LogP) is 4.22. The molecule has 0 atom stereocenters. The number of hydrogen-bond acceptors (Lipinski definition) is 4. The summed E-state index contributed by atoms with van der Waals surface area (Å²) in [5, 5.41) is 8.87. The number of benzene rings is 2. The molecule has 1 fully saturated rings. The highest BCUT2D eigenvalue weighted by molar-refractivity contribution is 5.67. The van der Waals surface area contributed by atoms with Crippen LogP contribution >= 0.6 is 0 Å². The Kier molecular flexibility index (Phi) is 5.75. The minimum absolute atomic E-state index is 0.112. The van der Waals surface area contributed by atoms with Gasteiger partial charge in [0, 0.05) is 25.9 Å². The monoisotopic (exact) mass is 350 g/mol. The van der Waals surface area contributed by atoms with Gasteiger partial charge in [-0.1, -0.05) is 24.3 Å². The van der Waals surface area contributed by atoms with Crippen LogP contribution < -0.4 is 4.74 Å². The molecule has 1 heterocycles. The Morgan fingerprint density at radius 1 is 1.08 bits per heavy atom. The van der Waals surface area contributed by atoms with Gasteiger partial charge in [-0.3, -0.25) is 0 Å². The molecule has 5 nitrogen and oxygen atoms in total. The SMILES string of the molecule is CCOC(=O)N1CCC(Oc2ccc(-c3ccc(C#N)cc3)cc2)CC1. The van der Waals surface area contributed by atoms with Gasteiger partial charge in [0.05, 0.1) is 18.2 Å². The summed E-state index contributed by atoms with van der Waals surface area (Å²) < 4.78 is 11.1. The standard InChI is InChI=1S/C21H22N2O3/c1-2-25-21(24)23-13-11-20(12-14-23)26-19-9-7-18(8-10-19)17-5-3-16(15-22)4-6-17/h3-10,20H,2,11-14H2,1H3. The molecule has 0 bridgehead atoms. The van der Waals surface area contributed by atoms with E-state index in [1.807, 2.05) is 55.5 Å². The second-order valence-electron chi connectivity index (χ2n) is 6.22. The fourth-order valence-electron chi connectivity index (χ4n) is 3.03. The number of ether oxygens (including phenoxy) is 2. The van der Waals surface area contributed by atoms with E-state index in [2.05, 4.69) is 6.07 Å². The number of hydrogen-bond donors (Lipinski definition) is 0. The number of carbonyl (C=O) groups excluding carboxylic acids is 1. The van der Waals surface area contributed by atoms with Crippen molar-refractivity contribution in [3.8, 4) is 22.9 Å². The van der Waals surface area contributed by atoms with Gasteiger partial charge < -0.3 is 14.4 Å². The lowest BCUT2D eigenvalue weighted by molar-refractivity contribution is 0.0703. The van der Waals surface area contributed by atoms with Crippen LogP contribution in [0.3, 0.4) is 0 Å². The van der Waals surface area contributed by atoms with E-state index in [0.29, 0.717) is 25.3 Å². The smallest absolute Gasteiger partial charge is 0.409 e. The fraction of sp³-hybridized carbons (Fsp3) is 0.333. The molecule has 1 saturated heterocycles. The summed E-state index contributed by atoms with van der Waals surface area (Å²) in [5.41, 5.74) is 2.81. The van der Waals surface area contributed by atoms with Gasteiger partial charge in [-0.05, 0) is 42.3 Å². The van der Waals surface area contributed by atoms with Crippen molar-refractivity contribution in [1.29, 1.82) is 5.26 Å². The molecule has 0 radical (unpaired) electrons. The number of rotatable bonds is 4. The van der Waals surface area contributed by atoms with Crippen LogP contribution in [0.25, 0.3) is 11.1 Å². The maximum Gasteiger partial charge on any atom is 0.409 e. The van der Waals surface area contributed by atoms with Crippen LogP contribution in [0.4, 0.5) is 4.79 Å². The summed E-state index contributed by atoms with van der Waals surface area (Å²) in [6.07, 6.45) is 1.48.